The minimum absolute atomic E-state index is 0.363. The van der Waals surface area contributed by atoms with E-state index >= 15 is 0 Å². The fourth-order valence-electron chi connectivity index (χ4n) is 0.277. The Morgan fingerprint density at radius 3 is 2.18 bits per heavy atom. The molecule has 0 heterocycles. The summed E-state index contributed by atoms with van der Waals surface area (Å²) in [5, 5.41) is 9.80. The molecule has 0 radical (unpaired) electrons. The maximum absolute atomic E-state index is 12.2. The van der Waals surface area contributed by atoms with Crippen molar-refractivity contribution in [1.29, 1.82) is 0 Å². The monoisotopic (exact) mass is 161 g/mol. The lowest BCUT2D eigenvalue weighted by Crippen LogP contribution is -1.93. The highest BCUT2D eigenvalue weighted by atomic mass is 19.2. The lowest BCUT2D eigenvalue weighted by Gasteiger charge is -1.88. The molecule has 0 amide bonds. The lowest BCUT2D eigenvalue weighted by atomic mass is 10.4. The summed E-state index contributed by atoms with van der Waals surface area (Å²) in [6.45, 7) is 5.45. The van der Waals surface area contributed by atoms with Gasteiger partial charge in [-0.15, -0.1) is 0 Å². The fourth-order valence-corrected chi connectivity index (χ4v) is 0.277. The molecule has 0 aromatic rings. The first kappa shape index (κ1) is 9.48. The largest absolute Gasteiger partial charge is 0.265 e. The number of halogens is 2. The van der Waals surface area contributed by atoms with Crippen molar-refractivity contribution in [2.24, 2.45) is 0 Å². The van der Waals surface area contributed by atoms with Crippen molar-refractivity contribution in [1.82, 2.24) is 0 Å². The van der Waals surface area contributed by atoms with Gasteiger partial charge < -0.3 is 0 Å². The van der Waals surface area contributed by atoms with E-state index in [2.05, 4.69) is 13.2 Å². The molecule has 0 aromatic carbocycles. The number of hydrogen-bond acceptors (Lipinski definition) is 2. The van der Waals surface area contributed by atoms with Crippen LogP contribution in [0.1, 0.15) is 0 Å². The summed E-state index contributed by atoms with van der Waals surface area (Å²) >= 11 is 0. The average molecular weight is 161 g/mol. The molecule has 0 saturated heterocycles. The maximum atomic E-state index is 12.2. The molecule has 0 atom stereocenters. The topological polar surface area (TPSA) is 43.1 Å². The van der Waals surface area contributed by atoms with Crippen LogP contribution >= 0.6 is 0 Å². The van der Waals surface area contributed by atoms with E-state index in [1.54, 1.807) is 0 Å². The van der Waals surface area contributed by atoms with Gasteiger partial charge in [0.1, 0.15) is 0 Å². The van der Waals surface area contributed by atoms with E-state index in [-0.39, 0.29) is 0 Å². The summed E-state index contributed by atoms with van der Waals surface area (Å²) in [7, 11) is 0. The second-order valence-corrected chi connectivity index (χ2v) is 1.65. The Morgan fingerprint density at radius 2 is 1.91 bits per heavy atom. The van der Waals surface area contributed by atoms with Crippen LogP contribution < -0.4 is 0 Å². The van der Waals surface area contributed by atoms with Gasteiger partial charge in [-0.25, -0.2) is 8.78 Å². The second-order valence-electron chi connectivity index (χ2n) is 1.65. The molecule has 0 bridgehead atoms. The molecule has 0 spiro atoms. The highest BCUT2D eigenvalue weighted by Crippen LogP contribution is 2.12. The molecule has 11 heavy (non-hydrogen) atoms. The molecule has 5 heteroatoms. The highest BCUT2D eigenvalue weighted by Gasteiger charge is 2.07. The third-order valence-electron chi connectivity index (χ3n) is 0.787. The van der Waals surface area contributed by atoms with Gasteiger partial charge in [-0.1, -0.05) is 6.58 Å². The predicted octanol–water partition coefficient (Wildman–Crippen LogP) is 2.11. The predicted molar refractivity (Wildman–Crippen MR) is 35.6 cm³/mol. The van der Waals surface area contributed by atoms with Crippen molar-refractivity contribution < 1.29 is 13.7 Å². The van der Waals surface area contributed by atoms with Crippen LogP contribution in [0.15, 0.2) is 36.6 Å². The van der Waals surface area contributed by atoms with Crippen LogP contribution in [0.4, 0.5) is 8.78 Å². The van der Waals surface area contributed by atoms with E-state index in [4.69, 9.17) is 0 Å². The third kappa shape index (κ3) is 3.24. The second kappa shape index (κ2) is 3.60. The first-order chi connectivity index (χ1) is 4.95. The Kier molecular flexibility index (Phi) is 3.10. The average Bonchev–Trinajstić information content (AvgIpc) is 1.87. The van der Waals surface area contributed by atoms with Crippen LogP contribution in [0.3, 0.4) is 0 Å². The van der Waals surface area contributed by atoms with Crippen molar-refractivity contribution in [3.05, 3.63) is 46.7 Å². The number of rotatable bonds is 3. The van der Waals surface area contributed by atoms with Crippen molar-refractivity contribution in [2.45, 2.75) is 0 Å². The SMILES string of the molecule is C=C(F)/C(F)=C\C(=C)[N+](=O)[O-]. The van der Waals surface area contributed by atoms with Gasteiger partial charge in [-0.3, -0.25) is 10.1 Å². The van der Waals surface area contributed by atoms with E-state index in [9.17, 15) is 18.9 Å². The summed E-state index contributed by atoms with van der Waals surface area (Å²) in [6.07, 6.45) is 0.363. The standard InChI is InChI=1S/C6H5F2NO2/c1-4(9(10)11)3-6(8)5(2)7/h3H,1-2H2/b6-3+. The zero-order chi connectivity index (χ0) is 9.02. The van der Waals surface area contributed by atoms with E-state index in [1.165, 1.54) is 0 Å². The summed E-state index contributed by atoms with van der Waals surface area (Å²) < 4.78 is 24.0. The first-order valence-corrected chi connectivity index (χ1v) is 2.50. The minimum atomic E-state index is -1.38. The minimum Gasteiger partial charge on any atom is -0.258 e. The number of nitro groups is 1. The molecular formula is C6H5F2NO2. The maximum Gasteiger partial charge on any atom is 0.265 e. The van der Waals surface area contributed by atoms with E-state index in [0.717, 1.165) is 0 Å². The Morgan fingerprint density at radius 1 is 1.45 bits per heavy atom. The van der Waals surface area contributed by atoms with Gasteiger partial charge in [0.05, 0.1) is 11.0 Å². The van der Waals surface area contributed by atoms with Crippen LogP contribution in [0.2, 0.25) is 0 Å². The molecule has 3 nitrogen and oxygen atoms in total. The lowest BCUT2D eigenvalue weighted by molar-refractivity contribution is -0.418. The zero-order valence-corrected chi connectivity index (χ0v) is 5.51. The molecule has 0 aliphatic rings. The van der Waals surface area contributed by atoms with E-state index < -0.39 is 22.3 Å². The van der Waals surface area contributed by atoms with Gasteiger partial charge in [-0.2, -0.15) is 0 Å². The van der Waals surface area contributed by atoms with Gasteiger partial charge in [0, 0.05) is 0 Å². The number of nitrogens with zero attached hydrogens (tertiary/aromatic N) is 1. The summed E-state index contributed by atoms with van der Waals surface area (Å²) in [4.78, 5) is 8.87. The Hall–Kier alpha value is -1.52. The van der Waals surface area contributed by atoms with Gasteiger partial charge in [-0.05, 0) is 6.58 Å². The molecule has 0 N–H and O–H groups in total. The fraction of sp³-hybridized carbons (Fsp3) is 0. The van der Waals surface area contributed by atoms with Gasteiger partial charge in [0.2, 0.25) is 0 Å². The van der Waals surface area contributed by atoms with E-state index in [1.807, 2.05) is 0 Å². The molecule has 60 valence electrons. The summed E-state index contributed by atoms with van der Waals surface area (Å²) in [6, 6.07) is 0. The van der Waals surface area contributed by atoms with Gasteiger partial charge in [0.15, 0.2) is 11.7 Å². The smallest absolute Gasteiger partial charge is 0.258 e. The highest BCUT2D eigenvalue weighted by molar-refractivity contribution is 5.22. The summed E-state index contributed by atoms with van der Waals surface area (Å²) in [5.41, 5.74) is -0.721. The molecule has 0 aromatic heterocycles. The first-order valence-electron chi connectivity index (χ1n) is 2.50. The molecule has 0 aliphatic carbocycles. The third-order valence-corrected chi connectivity index (χ3v) is 0.787. The number of allylic oxidation sites excluding steroid dienone is 3. The van der Waals surface area contributed by atoms with Crippen LogP contribution in [0.5, 0.6) is 0 Å². The molecule has 0 saturated carbocycles. The van der Waals surface area contributed by atoms with Crippen molar-refractivity contribution in [2.75, 3.05) is 0 Å². The van der Waals surface area contributed by atoms with Crippen molar-refractivity contribution in [3.8, 4) is 0 Å². The Labute approximate surface area is 61.5 Å². The summed E-state index contributed by atoms with van der Waals surface area (Å²) in [5.74, 6) is -2.74. The van der Waals surface area contributed by atoms with Gasteiger partial charge in [0.25, 0.3) is 5.70 Å². The van der Waals surface area contributed by atoms with Crippen LogP contribution in [0, 0.1) is 10.1 Å². The van der Waals surface area contributed by atoms with Crippen molar-refractivity contribution in [3.63, 3.8) is 0 Å². The Bertz CT molecular complexity index is 245. The Balaban J connectivity index is 4.44. The number of hydrogen-bond donors (Lipinski definition) is 0. The van der Waals surface area contributed by atoms with Crippen LogP contribution in [-0.2, 0) is 0 Å². The molecule has 0 fully saturated rings. The van der Waals surface area contributed by atoms with E-state index in [0.29, 0.717) is 6.08 Å². The molecule has 0 unspecified atom stereocenters. The molecule has 0 rings (SSSR count). The van der Waals surface area contributed by atoms with Gasteiger partial charge >= 0.3 is 0 Å². The quantitative estimate of drug-likeness (QED) is 0.361. The van der Waals surface area contributed by atoms with Crippen LogP contribution in [-0.4, -0.2) is 4.92 Å². The zero-order valence-electron chi connectivity index (χ0n) is 5.51. The van der Waals surface area contributed by atoms with Crippen LogP contribution in [0.25, 0.3) is 0 Å². The van der Waals surface area contributed by atoms with Crippen molar-refractivity contribution >= 4 is 0 Å². The molecule has 0 aliphatic heterocycles. The molecular weight excluding hydrogens is 156 g/mol. The normalized spacial score (nSPS) is 10.9.